The molecule has 2 N–H and O–H groups in total. The van der Waals surface area contributed by atoms with Crippen molar-refractivity contribution in [2.75, 3.05) is 19.0 Å². The molecule has 0 radical (unpaired) electrons. The van der Waals surface area contributed by atoms with E-state index in [0.717, 1.165) is 29.4 Å². The molecule has 0 aliphatic rings. The van der Waals surface area contributed by atoms with Crippen LogP contribution in [0.5, 0.6) is 5.75 Å². The van der Waals surface area contributed by atoms with Crippen molar-refractivity contribution in [2.45, 2.75) is 6.42 Å². The van der Waals surface area contributed by atoms with Crippen LogP contribution < -0.4 is 15.4 Å². The van der Waals surface area contributed by atoms with Gasteiger partial charge in [-0.3, -0.25) is 0 Å². The van der Waals surface area contributed by atoms with Crippen molar-refractivity contribution < 1.29 is 4.74 Å². The molecule has 0 aliphatic carbocycles. The van der Waals surface area contributed by atoms with Gasteiger partial charge in [-0.15, -0.1) is 0 Å². The molecule has 0 unspecified atom stereocenters. The van der Waals surface area contributed by atoms with E-state index in [1.54, 1.807) is 7.11 Å². The van der Waals surface area contributed by atoms with Crippen molar-refractivity contribution in [2.24, 2.45) is 0 Å². The van der Waals surface area contributed by atoms with Gasteiger partial charge in [0.1, 0.15) is 5.75 Å². The number of rotatable bonds is 5. The molecule has 2 aromatic rings. The van der Waals surface area contributed by atoms with Gasteiger partial charge in [-0.25, -0.2) is 0 Å². The molecule has 0 amide bonds. The van der Waals surface area contributed by atoms with Crippen molar-refractivity contribution in [3.05, 3.63) is 59.1 Å². The predicted octanol–water partition coefficient (Wildman–Crippen LogP) is 3.88. The summed E-state index contributed by atoms with van der Waals surface area (Å²) in [6.45, 7) is 0.752. The maximum absolute atomic E-state index is 5.95. The predicted molar refractivity (Wildman–Crippen MR) is 92.4 cm³/mol. The molecule has 0 aromatic heterocycles. The number of hydrogen-bond acceptors (Lipinski definition) is 2. The average Bonchev–Trinajstić information content (AvgIpc) is 2.48. The number of halogens is 1. The van der Waals surface area contributed by atoms with E-state index in [-0.39, 0.29) is 0 Å². The molecular weight excluding hydrogens is 304 g/mol. The van der Waals surface area contributed by atoms with Crippen molar-refractivity contribution in [1.29, 1.82) is 0 Å². The van der Waals surface area contributed by atoms with E-state index in [0.29, 0.717) is 5.11 Å². The van der Waals surface area contributed by atoms with Crippen LogP contribution in [0.15, 0.2) is 48.5 Å². The van der Waals surface area contributed by atoms with Crippen molar-refractivity contribution in [3.63, 3.8) is 0 Å². The Morgan fingerprint density at radius 1 is 1.19 bits per heavy atom. The van der Waals surface area contributed by atoms with Crippen LogP contribution in [0.2, 0.25) is 5.02 Å². The number of hydrogen-bond donors (Lipinski definition) is 2. The summed E-state index contributed by atoms with van der Waals surface area (Å²) in [4.78, 5) is 0. The summed E-state index contributed by atoms with van der Waals surface area (Å²) in [7, 11) is 1.64. The monoisotopic (exact) mass is 320 g/mol. The van der Waals surface area contributed by atoms with E-state index in [4.69, 9.17) is 28.6 Å². The molecule has 0 spiro atoms. The Labute approximate surface area is 135 Å². The second-order valence-corrected chi connectivity index (χ2v) is 5.33. The van der Waals surface area contributed by atoms with Crippen LogP contribution in [0.1, 0.15) is 5.56 Å². The lowest BCUT2D eigenvalue weighted by molar-refractivity contribution is 0.415. The molecule has 0 saturated heterocycles. The summed E-state index contributed by atoms with van der Waals surface area (Å²) in [6, 6.07) is 15.4. The van der Waals surface area contributed by atoms with Gasteiger partial charge in [-0.05, 0) is 60.6 Å². The molecule has 0 bridgehead atoms. The zero-order valence-corrected chi connectivity index (χ0v) is 13.3. The molecular formula is C16H17ClN2OS. The molecule has 5 heteroatoms. The minimum atomic E-state index is 0.599. The zero-order chi connectivity index (χ0) is 15.1. The van der Waals surface area contributed by atoms with Gasteiger partial charge >= 0.3 is 0 Å². The van der Waals surface area contributed by atoms with Gasteiger partial charge < -0.3 is 15.4 Å². The van der Waals surface area contributed by atoms with Crippen molar-refractivity contribution in [1.82, 2.24) is 5.32 Å². The standard InChI is InChI=1S/C16H17ClN2OS/c1-20-15-7-5-14(6-8-15)19-16(21)18-10-9-12-3-2-4-13(17)11-12/h2-8,11H,9-10H2,1H3,(H2,18,19,21). The zero-order valence-electron chi connectivity index (χ0n) is 11.7. The van der Waals surface area contributed by atoms with Gasteiger partial charge in [-0.2, -0.15) is 0 Å². The normalized spacial score (nSPS) is 10.0. The fourth-order valence-electron chi connectivity index (χ4n) is 1.86. The van der Waals surface area contributed by atoms with E-state index in [1.165, 1.54) is 5.56 Å². The van der Waals surface area contributed by atoms with E-state index in [2.05, 4.69) is 10.6 Å². The Morgan fingerprint density at radius 2 is 1.95 bits per heavy atom. The maximum Gasteiger partial charge on any atom is 0.170 e. The van der Waals surface area contributed by atoms with E-state index < -0.39 is 0 Å². The molecule has 0 heterocycles. The average molecular weight is 321 g/mol. The van der Waals surface area contributed by atoms with Crippen LogP contribution in [0.4, 0.5) is 5.69 Å². The molecule has 3 nitrogen and oxygen atoms in total. The first-order chi connectivity index (χ1) is 10.2. The first kappa shape index (κ1) is 15.6. The number of anilines is 1. The number of thiocarbonyl (C=S) groups is 1. The highest BCUT2D eigenvalue weighted by atomic mass is 35.5. The molecule has 0 atom stereocenters. The van der Waals surface area contributed by atoms with Gasteiger partial charge in [0.2, 0.25) is 0 Å². The third kappa shape index (κ3) is 5.25. The van der Waals surface area contributed by atoms with Crippen LogP contribution in [0, 0.1) is 0 Å². The van der Waals surface area contributed by atoms with Gasteiger partial charge in [0.15, 0.2) is 5.11 Å². The van der Waals surface area contributed by atoms with Crippen LogP contribution in [0.25, 0.3) is 0 Å². The Balaban J connectivity index is 1.76. The number of nitrogens with one attached hydrogen (secondary N) is 2. The summed E-state index contributed by atoms with van der Waals surface area (Å²) < 4.78 is 5.11. The largest absolute Gasteiger partial charge is 0.497 e. The summed E-state index contributed by atoms with van der Waals surface area (Å²) >= 11 is 11.2. The van der Waals surface area contributed by atoms with E-state index in [1.807, 2.05) is 48.5 Å². The lowest BCUT2D eigenvalue weighted by Gasteiger charge is -2.11. The Kier molecular flexibility index (Phi) is 5.84. The first-order valence-corrected chi connectivity index (χ1v) is 7.39. The van der Waals surface area contributed by atoms with Gasteiger partial charge in [0, 0.05) is 17.3 Å². The topological polar surface area (TPSA) is 33.3 Å². The van der Waals surface area contributed by atoms with E-state index in [9.17, 15) is 0 Å². The van der Waals surface area contributed by atoms with Gasteiger partial charge in [-0.1, -0.05) is 23.7 Å². The molecule has 0 aliphatic heterocycles. The fourth-order valence-corrected chi connectivity index (χ4v) is 2.30. The Morgan fingerprint density at radius 3 is 2.62 bits per heavy atom. The highest BCUT2D eigenvalue weighted by Gasteiger charge is 1.99. The van der Waals surface area contributed by atoms with E-state index >= 15 is 0 Å². The number of benzene rings is 2. The first-order valence-electron chi connectivity index (χ1n) is 6.61. The summed E-state index contributed by atoms with van der Waals surface area (Å²) in [5.74, 6) is 0.820. The second kappa shape index (κ2) is 7.86. The summed E-state index contributed by atoms with van der Waals surface area (Å²) in [6.07, 6.45) is 0.866. The van der Waals surface area contributed by atoms with Crippen LogP contribution in [-0.2, 0) is 6.42 Å². The summed E-state index contributed by atoms with van der Waals surface area (Å²) in [5, 5.41) is 7.66. The molecule has 21 heavy (non-hydrogen) atoms. The smallest absolute Gasteiger partial charge is 0.170 e. The molecule has 110 valence electrons. The van der Waals surface area contributed by atoms with Gasteiger partial charge in [0.25, 0.3) is 0 Å². The third-order valence-corrected chi connectivity index (χ3v) is 3.42. The minimum Gasteiger partial charge on any atom is -0.497 e. The Hall–Kier alpha value is -1.78. The quantitative estimate of drug-likeness (QED) is 0.819. The lowest BCUT2D eigenvalue weighted by atomic mass is 10.1. The summed E-state index contributed by atoms with van der Waals surface area (Å²) in [5.41, 5.74) is 2.11. The van der Waals surface area contributed by atoms with Crippen molar-refractivity contribution in [3.8, 4) is 5.75 Å². The van der Waals surface area contributed by atoms with Crippen molar-refractivity contribution >= 4 is 34.6 Å². The van der Waals surface area contributed by atoms with Crippen LogP contribution in [-0.4, -0.2) is 18.8 Å². The molecule has 0 fully saturated rings. The van der Waals surface area contributed by atoms with Crippen LogP contribution in [0.3, 0.4) is 0 Å². The minimum absolute atomic E-state index is 0.599. The Bertz CT molecular complexity index is 601. The molecule has 2 rings (SSSR count). The molecule has 0 saturated carbocycles. The third-order valence-electron chi connectivity index (χ3n) is 2.94. The fraction of sp³-hybridized carbons (Fsp3) is 0.188. The second-order valence-electron chi connectivity index (χ2n) is 4.49. The van der Waals surface area contributed by atoms with Gasteiger partial charge in [0.05, 0.1) is 7.11 Å². The highest BCUT2D eigenvalue weighted by Crippen LogP contribution is 2.15. The number of methoxy groups -OCH3 is 1. The van der Waals surface area contributed by atoms with Crippen LogP contribution >= 0.6 is 23.8 Å². The molecule has 2 aromatic carbocycles. The lowest BCUT2D eigenvalue weighted by Crippen LogP contribution is -2.30. The SMILES string of the molecule is COc1ccc(NC(=S)NCCc2cccc(Cl)c2)cc1. The maximum atomic E-state index is 5.95. The highest BCUT2D eigenvalue weighted by molar-refractivity contribution is 7.80. The number of ether oxygens (including phenoxy) is 1.